The lowest BCUT2D eigenvalue weighted by molar-refractivity contribution is 0.0925. The minimum absolute atomic E-state index is 0.0329. The second-order valence-electron chi connectivity index (χ2n) is 10.6. The number of rotatable bonds is 7. The summed E-state index contributed by atoms with van der Waals surface area (Å²) in [5.41, 5.74) is 2.03. The molecule has 1 saturated heterocycles. The number of nitrogens with zero attached hydrogens (tertiary/aromatic N) is 4. The van der Waals surface area contributed by atoms with Gasteiger partial charge in [0.05, 0.1) is 28.5 Å². The lowest BCUT2D eigenvalue weighted by atomic mass is 10.0. The summed E-state index contributed by atoms with van der Waals surface area (Å²) in [4.78, 5) is 29.1. The molecular weight excluding hydrogens is 611 g/mol. The van der Waals surface area contributed by atoms with Crippen LogP contribution in [0.5, 0.6) is 0 Å². The molecule has 3 aromatic carbocycles. The fourth-order valence-corrected chi connectivity index (χ4v) is 7.52. The largest absolute Gasteiger partial charge is 0.376 e. The molecule has 4 aromatic rings. The lowest BCUT2D eigenvalue weighted by Crippen LogP contribution is -2.44. The molecule has 0 radical (unpaired) electrons. The monoisotopic (exact) mass is 642 g/mol. The van der Waals surface area contributed by atoms with E-state index < -0.39 is 21.5 Å². The van der Waals surface area contributed by atoms with Crippen molar-refractivity contribution in [3.8, 4) is 5.69 Å². The van der Waals surface area contributed by atoms with E-state index in [9.17, 15) is 18.0 Å². The molecule has 2 atom stereocenters. The van der Waals surface area contributed by atoms with Crippen LogP contribution in [0.4, 0.5) is 11.4 Å². The molecule has 0 spiro atoms. The first-order valence-electron chi connectivity index (χ1n) is 13.7. The van der Waals surface area contributed by atoms with Crippen LogP contribution in [0.2, 0.25) is 10.0 Å². The Labute approximate surface area is 260 Å². The molecule has 2 heterocycles. The van der Waals surface area contributed by atoms with E-state index >= 15 is 0 Å². The smallest absolute Gasteiger partial charge is 0.296 e. The zero-order valence-corrected chi connectivity index (χ0v) is 26.7. The van der Waals surface area contributed by atoms with Crippen molar-refractivity contribution in [2.75, 3.05) is 22.9 Å². The van der Waals surface area contributed by atoms with Crippen molar-refractivity contribution in [1.29, 1.82) is 0 Å². The molecule has 12 heteroatoms. The molecule has 1 aliphatic heterocycles. The molecule has 2 unspecified atom stereocenters. The summed E-state index contributed by atoms with van der Waals surface area (Å²) in [7, 11) is -1.39. The number of ether oxygens (including phenoxy) is 1. The van der Waals surface area contributed by atoms with E-state index in [2.05, 4.69) is 0 Å². The highest BCUT2D eigenvalue weighted by molar-refractivity contribution is 7.93. The summed E-state index contributed by atoms with van der Waals surface area (Å²) in [5, 5.41) is 0.460. The number of carbonyl (C=O) groups is 1. The van der Waals surface area contributed by atoms with Gasteiger partial charge < -0.3 is 9.64 Å². The minimum Gasteiger partial charge on any atom is -0.376 e. The predicted octanol–water partition coefficient (Wildman–Crippen LogP) is 5.75. The lowest BCUT2D eigenvalue weighted by Gasteiger charge is -2.32. The number of anilines is 2. The molecule has 1 fully saturated rings. The number of aromatic nitrogens is 2. The molecule has 1 aliphatic rings. The van der Waals surface area contributed by atoms with E-state index in [1.54, 1.807) is 66.0 Å². The number of benzene rings is 3. The Balaban J connectivity index is 1.58. The quantitative estimate of drug-likeness (QED) is 0.256. The fourth-order valence-electron chi connectivity index (χ4n) is 5.54. The van der Waals surface area contributed by atoms with Crippen molar-refractivity contribution >= 4 is 50.5 Å². The topological polar surface area (TPSA) is 93.9 Å². The Bertz CT molecular complexity index is 1870. The summed E-state index contributed by atoms with van der Waals surface area (Å²) >= 11 is 12.7. The number of hydrogen-bond acceptors (Lipinski definition) is 5. The van der Waals surface area contributed by atoms with E-state index in [1.165, 1.54) is 29.9 Å². The molecule has 5 rings (SSSR count). The van der Waals surface area contributed by atoms with Gasteiger partial charge in [-0.25, -0.2) is 13.1 Å². The van der Waals surface area contributed by atoms with E-state index in [4.69, 9.17) is 27.9 Å². The number of halogens is 2. The van der Waals surface area contributed by atoms with Crippen LogP contribution < -0.4 is 14.8 Å². The Hall–Kier alpha value is -3.57. The first kappa shape index (κ1) is 30.9. The number of para-hydroxylation sites is 1. The highest BCUT2D eigenvalue weighted by Gasteiger charge is 2.37. The number of amides is 1. The summed E-state index contributed by atoms with van der Waals surface area (Å²) in [6, 6.07) is 18.1. The maximum atomic E-state index is 14.2. The van der Waals surface area contributed by atoms with Crippen LogP contribution in [-0.2, 0) is 21.8 Å². The van der Waals surface area contributed by atoms with Crippen LogP contribution in [0, 0.1) is 13.8 Å². The third-order valence-electron chi connectivity index (χ3n) is 7.96. The Morgan fingerprint density at radius 1 is 1.02 bits per heavy atom. The number of carbonyl (C=O) groups excluding carboxylic acids is 1. The fraction of sp³-hybridized carbons (Fsp3) is 0.290. The van der Waals surface area contributed by atoms with Gasteiger partial charge in [0.2, 0.25) is 0 Å². The van der Waals surface area contributed by atoms with Gasteiger partial charge >= 0.3 is 0 Å². The highest BCUT2D eigenvalue weighted by atomic mass is 35.5. The van der Waals surface area contributed by atoms with E-state index in [0.29, 0.717) is 35.1 Å². The normalized spacial score (nSPS) is 16.8. The molecule has 9 nitrogen and oxygen atoms in total. The number of hydrogen-bond donors (Lipinski definition) is 0. The molecule has 0 saturated carbocycles. The molecular formula is C31H32Cl2N4O5S. The molecule has 0 N–H and O–H groups in total. The average molecular weight is 644 g/mol. The van der Waals surface area contributed by atoms with E-state index in [0.717, 1.165) is 9.87 Å². The van der Waals surface area contributed by atoms with Crippen molar-refractivity contribution in [3.63, 3.8) is 0 Å². The van der Waals surface area contributed by atoms with Gasteiger partial charge in [-0.15, -0.1) is 0 Å². The van der Waals surface area contributed by atoms with E-state index in [1.807, 2.05) is 19.9 Å². The van der Waals surface area contributed by atoms with Gasteiger partial charge in [0.1, 0.15) is 10.6 Å². The van der Waals surface area contributed by atoms with Gasteiger partial charge in [-0.1, -0.05) is 41.4 Å². The predicted molar refractivity (Wildman–Crippen MR) is 170 cm³/mol. The van der Waals surface area contributed by atoms with Gasteiger partial charge in [-0.2, -0.15) is 0 Å². The van der Waals surface area contributed by atoms with Crippen molar-refractivity contribution < 1.29 is 17.9 Å². The molecule has 0 bridgehead atoms. The number of aryl methyl sites for hydroxylation is 1. The van der Waals surface area contributed by atoms with Crippen molar-refractivity contribution in [2.45, 2.75) is 44.2 Å². The Morgan fingerprint density at radius 3 is 2.35 bits per heavy atom. The van der Waals surface area contributed by atoms with Crippen molar-refractivity contribution in [3.05, 3.63) is 104 Å². The van der Waals surface area contributed by atoms with Crippen LogP contribution in [0.15, 0.2) is 76.4 Å². The van der Waals surface area contributed by atoms with Gasteiger partial charge in [-0.3, -0.25) is 18.6 Å². The third-order valence-corrected chi connectivity index (χ3v) is 10.4. The van der Waals surface area contributed by atoms with Crippen LogP contribution in [0.3, 0.4) is 0 Å². The minimum atomic E-state index is -4.38. The van der Waals surface area contributed by atoms with Crippen LogP contribution in [0.1, 0.15) is 35.0 Å². The molecule has 0 aliphatic carbocycles. The standard InChI is InChI=1S/C31H32Cl2N4O5S/c1-19-17-23(32)12-14-26(19)36(27-15-16-42-21(27)3)30(38)22-11-13-25(33)28(18-22)43(40,41)35(5)29-20(2)34(4)37(31(29)39)24-9-7-6-8-10-24/h6-14,17-18,21,27H,15-16H2,1-5H3. The van der Waals surface area contributed by atoms with Gasteiger partial charge in [0.15, 0.2) is 0 Å². The SMILES string of the molecule is Cc1cc(Cl)ccc1N(C(=O)c1ccc(Cl)c(S(=O)(=O)N(C)c2c(C)n(C)n(-c3ccccc3)c2=O)c1)C1CCOC1C. The summed E-state index contributed by atoms with van der Waals surface area (Å²) < 4.78 is 37.8. The highest BCUT2D eigenvalue weighted by Crippen LogP contribution is 2.34. The van der Waals surface area contributed by atoms with Gasteiger partial charge in [-0.05, 0) is 81.3 Å². The maximum Gasteiger partial charge on any atom is 0.296 e. The van der Waals surface area contributed by atoms with Crippen molar-refractivity contribution in [1.82, 2.24) is 9.36 Å². The molecule has 1 amide bonds. The van der Waals surface area contributed by atoms with Crippen LogP contribution in [-0.4, -0.2) is 49.5 Å². The average Bonchev–Trinajstić information content (AvgIpc) is 3.49. The second kappa shape index (κ2) is 11.8. The Morgan fingerprint density at radius 2 is 1.72 bits per heavy atom. The first-order chi connectivity index (χ1) is 20.3. The van der Waals surface area contributed by atoms with Gasteiger partial charge in [0.25, 0.3) is 21.5 Å². The zero-order chi connectivity index (χ0) is 31.2. The van der Waals surface area contributed by atoms with Gasteiger partial charge in [0, 0.05) is 37.0 Å². The molecule has 43 heavy (non-hydrogen) atoms. The number of sulfonamides is 1. The molecule has 226 valence electrons. The van der Waals surface area contributed by atoms with Crippen LogP contribution >= 0.6 is 23.2 Å². The van der Waals surface area contributed by atoms with E-state index in [-0.39, 0.29) is 33.3 Å². The second-order valence-corrected chi connectivity index (χ2v) is 13.3. The molecule has 1 aromatic heterocycles. The first-order valence-corrected chi connectivity index (χ1v) is 15.9. The maximum absolute atomic E-state index is 14.2. The summed E-state index contributed by atoms with van der Waals surface area (Å²) in [6.45, 7) is 5.92. The Kier molecular flexibility index (Phi) is 8.50. The summed E-state index contributed by atoms with van der Waals surface area (Å²) in [6.07, 6.45) is 0.366. The zero-order valence-electron chi connectivity index (χ0n) is 24.4. The van der Waals surface area contributed by atoms with Crippen LogP contribution in [0.25, 0.3) is 5.69 Å². The summed E-state index contributed by atoms with van der Waals surface area (Å²) in [5.74, 6) is -0.411. The van der Waals surface area contributed by atoms with Crippen molar-refractivity contribution in [2.24, 2.45) is 7.05 Å². The third kappa shape index (κ3) is 5.48.